The van der Waals surface area contributed by atoms with Crippen LogP contribution in [0.4, 0.5) is 0 Å². The smallest absolute Gasteiger partial charge is 0.277 e. The molecular formula is C4H4N2O3. The summed E-state index contributed by atoms with van der Waals surface area (Å²) in [6.07, 6.45) is 0. The molecule has 1 aliphatic heterocycles. The van der Waals surface area contributed by atoms with Crippen LogP contribution in [0.5, 0.6) is 0 Å². The molecule has 0 bridgehead atoms. The Kier molecular flexibility index (Phi) is 1.18. The zero-order chi connectivity index (χ0) is 6.85. The highest BCUT2D eigenvalue weighted by atomic mass is 16.4. The summed E-state index contributed by atoms with van der Waals surface area (Å²) < 4.78 is 0. The molecule has 1 rings (SSSR count). The van der Waals surface area contributed by atoms with Crippen molar-refractivity contribution in [1.29, 1.82) is 0 Å². The van der Waals surface area contributed by atoms with E-state index in [2.05, 4.69) is 10.5 Å². The Labute approximate surface area is 50.3 Å². The van der Waals surface area contributed by atoms with Crippen molar-refractivity contribution in [3.63, 3.8) is 0 Å². The van der Waals surface area contributed by atoms with Crippen molar-refractivity contribution < 1.29 is 14.8 Å². The maximum Gasteiger partial charge on any atom is 0.277 e. The normalized spacial score (nSPS) is 22.9. The Bertz CT molecular complexity index is 178. The first-order valence-corrected chi connectivity index (χ1v) is 2.29. The SMILES string of the molecule is O=C1CNC(=O)C1=NO. The Morgan fingerprint density at radius 2 is 2.22 bits per heavy atom. The van der Waals surface area contributed by atoms with Crippen molar-refractivity contribution in [2.45, 2.75) is 0 Å². The predicted octanol–water partition coefficient (Wildman–Crippen LogP) is -1.48. The van der Waals surface area contributed by atoms with Crippen molar-refractivity contribution >= 4 is 17.4 Å². The van der Waals surface area contributed by atoms with Crippen LogP contribution < -0.4 is 5.32 Å². The minimum Gasteiger partial charge on any atom is -0.410 e. The highest BCUT2D eigenvalue weighted by Gasteiger charge is 2.27. The van der Waals surface area contributed by atoms with Gasteiger partial charge in [-0.05, 0) is 0 Å². The molecule has 5 nitrogen and oxygen atoms in total. The average molecular weight is 128 g/mol. The van der Waals surface area contributed by atoms with Crippen LogP contribution in [0.25, 0.3) is 0 Å². The molecule has 0 saturated carbocycles. The second kappa shape index (κ2) is 1.85. The van der Waals surface area contributed by atoms with E-state index in [0.29, 0.717) is 0 Å². The Balaban J connectivity index is 2.91. The van der Waals surface area contributed by atoms with Crippen molar-refractivity contribution in [1.82, 2.24) is 5.32 Å². The topological polar surface area (TPSA) is 78.8 Å². The summed E-state index contributed by atoms with van der Waals surface area (Å²) >= 11 is 0. The lowest BCUT2D eigenvalue weighted by Gasteiger charge is -1.81. The van der Waals surface area contributed by atoms with Gasteiger partial charge in [-0.3, -0.25) is 9.59 Å². The van der Waals surface area contributed by atoms with E-state index in [1.54, 1.807) is 0 Å². The van der Waals surface area contributed by atoms with E-state index in [-0.39, 0.29) is 6.54 Å². The lowest BCUT2D eigenvalue weighted by atomic mass is 10.3. The van der Waals surface area contributed by atoms with Gasteiger partial charge < -0.3 is 10.5 Å². The molecule has 0 aliphatic carbocycles. The number of oxime groups is 1. The van der Waals surface area contributed by atoms with Gasteiger partial charge in [-0.15, -0.1) is 0 Å². The summed E-state index contributed by atoms with van der Waals surface area (Å²) in [6.45, 7) is -0.0573. The fraction of sp³-hybridized carbons (Fsp3) is 0.250. The maximum absolute atomic E-state index is 10.4. The molecule has 5 heteroatoms. The summed E-state index contributed by atoms with van der Waals surface area (Å²) in [7, 11) is 0. The van der Waals surface area contributed by atoms with Crippen molar-refractivity contribution in [3.8, 4) is 0 Å². The highest BCUT2D eigenvalue weighted by Crippen LogP contribution is 1.88. The molecule has 0 spiro atoms. The number of nitrogens with one attached hydrogen (secondary N) is 1. The zero-order valence-electron chi connectivity index (χ0n) is 4.42. The third-order valence-corrected chi connectivity index (χ3v) is 0.989. The summed E-state index contributed by atoms with van der Waals surface area (Å²) in [6, 6.07) is 0. The van der Waals surface area contributed by atoms with Gasteiger partial charge in [-0.25, -0.2) is 0 Å². The minimum atomic E-state index is -0.609. The van der Waals surface area contributed by atoms with Crippen LogP contribution in [0.15, 0.2) is 5.16 Å². The molecule has 9 heavy (non-hydrogen) atoms. The molecule has 48 valence electrons. The summed E-state index contributed by atoms with van der Waals surface area (Å²) in [5.41, 5.74) is -0.407. The van der Waals surface area contributed by atoms with Gasteiger partial charge in [0.05, 0.1) is 6.54 Å². The number of carbonyl (C=O) groups excluding carboxylic acids is 2. The molecule has 0 aromatic heterocycles. The molecule has 1 fully saturated rings. The Morgan fingerprint density at radius 3 is 2.44 bits per heavy atom. The second-order valence-electron chi connectivity index (χ2n) is 1.55. The molecule has 1 saturated heterocycles. The van der Waals surface area contributed by atoms with E-state index in [0.717, 1.165) is 0 Å². The number of carbonyl (C=O) groups is 2. The first-order chi connectivity index (χ1) is 4.25. The van der Waals surface area contributed by atoms with E-state index in [9.17, 15) is 9.59 Å². The number of amides is 1. The van der Waals surface area contributed by atoms with Gasteiger partial charge in [0.1, 0.15) is 0 Å². The van der Waals surface area contributed by atoms with E-state index < -0.39 is 17.4 Å². The minimum absolute atomic E-state index is 0.0573. The predicted molar refractivity (Wildman–Crippen MR) is 27.2 cm³/mol. The first kappa shape index (κ1) is 5.74. The summed E-state index contributed by atoms with van der Waals surface area (Å²) in [4.78, 5) is 20.8. The number of rotatable bonds is 0. The summed E-state index contributed by atoms with van der Waals surface area (Å²) in [5, 5.41) is 12.7. The molecule has 2 N–H and O–H groups in total. The first-order valence-electron chi connectivity index (χ1n) is 2.29. The van der Waals surface area contributed by atoms with Gasteiger partial charge in [0.25, 0.3) is 5.91 Å². The number of hydrogen-bond donors (Lipinski definition) is 2. The lowest BCUT2D eigenvalue weighted by molar-refractivity contribution is -0.114. The molecule has 1 amide bonds. The second-order valence-corrected chi connectivity index (χ2v) is 1.55. The van der Waals surface area contributed by atoms with Crippen LogP contribution in [0.1, 0.15) is 0 Å². The van der Waals surface area contributed by atoms with Crippen LogP contribution in [-0.2, 0) is 9.59 Å². The van der Waals surface area contributed by atoms with Crippen LogP contribution in [-0.4, -0.2) is 29.2 Å². The molecule has 0 unspecified atom stereocenters. The van der Waals surface area contributed by atoms with E-state index in [1.165, 1.54) is 0 Å². The van der Waals surface area contributed by atoms with Crippen LogP contribution in [0.2, 0.25) is 0 Å². The third-order valence-electron chi connectivity index (χ3n) is 0.989. The average Bonchev–Trinajstić information content (AvgIpc) is 2.12. The Hall–Kier alpha value is -1.39. The molecule has 0 aromatic rings. The zero-order valence-corrected chi connectivity index (χ0v) is 4.42. The fourth-order valence-electron chi connectivity index (χ4n) is 0.556. The number of hydrogen-bond acceptors (Lipinski definition) is 4. The number of ketones is 1. The molecule has 0 radical (unpaired) electrons. The van der Waals surface area contributed by atoms with E-state index in [4.69, 9.17) is 5.21 Å². The molecule has 0 aromatic carbocycles. The van der Waals surface area contributed by atoms with Crippen LogP contribution in [0.3, 0.4) is 0 Å². The summed E-state index contributed by atoms with van der Waals surface area (Å²) in [5.74, 6) is -1.08. The van der Waals surface area contributed by atoms with Crippen molar-refractivity contribution in [3.05, 3.63) is 0 Å². The van der Waals surface area contributed by atoms with Gasteiger partial charge in [-0.1, -0.05) is 5.16 Å². The number of nitrogens with zero attached hydrogens (tertiary/aromatic N) is 1. The van der Waals surface area contributed by atoms with E-state index in [1.807, 2.05) is 0 Å². The van der Waals surface area contributed by atoms with Crippen molar-refractivity contribution in [2.75, 3.05) is 6.54 Å². The monoisotopic (exact) mass is 128 g/mol. The fourth-order valence-corrected chi connectivity index (χ4v) is 0.556. The Morgan fingerprint density at radius 1 is 1.56 bits per heavy atom. The molecule has 1 aliphatic rings. The van der Waals surface area contributed by atoms with Crippen molar-refractivity contribution in [2.24, 2.45) is 5.16 Å². The number of Topliss-reactive ketones (excluding diaryl/α,β-unsaturated/α-hetero) is 1. The quantitative estimate of drug-likeness (QED) is 0.308. The molecule has 0 atom stereocenters. The largest absolute Gasteiger partial charge is 0.410 e. The molecule has 1 heterocycles. The van der Waals surface area contributed by atoms with Crippen LogP contribution in [0, 0.1) is 0 Å². The molecular weight excluding hydrogens is 124 g/mol. The van der Waals surface area contributed by atoms with Gasteiger partial charge >= 0.3 is 0 Å². The van der Waals surface area contributed by atoms with Gasteiger partial charge in [-0.2, -0.15) is 0 Å². The van der Waals surface area contributed by atoms with Gasteiger partial charge in [0.2, 0.25) is 11.5 Å². The van der Waals surface area contributed by atoms with Gasteiger partial charge in [0, 0.05) is 0 Å². The van der Waals surface area contributed by atoms with Gasteiger partial charge in [0.15, 0.2) is 0 Å². The lowest BCUT2D eigenvalue weighted by Crippen LogP contribution is -2.19. The third kappa shape index (κ3) is 0.758. The highest BCUT2D eigenvalue weighted by molar-refractivity contribution is 6.68. The standard InChI is InChI=1S/C4H4N2O3/c7-2-1-5-4(8)3(2)6-9/h9H,1H2,(H,5,8). The van der Waals surface area contributed by atoms with E-state index >= 15 is 0 Å². The van der Waals surface area contributed by atoms with Crippen LogP contribution >= 0.6 is 0 Å². The maximum atomic E-state index is 10.4.